The molecule has 3 amide bonds. The first-order chi connectivity index (χ1) is 35.8. The summed E-state index contributed by atoms with van der Waals surface area (Å²) in [5, 5.41) is 38.5. The van der Waals surface area contributed by atoms with E-state index in [1.54, 1.807) is 54.6 Å². The number of hydrogen-bond acceptors (Lipinski definition) is 10. The summed E-state index contributed by atoms with van der Waals surface area (Å²) in [7, 11) is 4.29. The number of aromatic carboxylic acids is 3. The standard InChI is InChI=1S/C51H33I9N4O12/c1-61-46(68)31-37(52)28(40(55)34(43(31)58)49(71)72)22-10-4-7-19(13-22)25(65)16-64(17-26(66)20-8-5-11-23(14-20)29-38(53)32(47(69)62-2)44(59)35(41(29)56)50(73)74)18-27(67)21-9-6-12-24(15-21)30-39(54)33(48(70)63-3)45(60)36(42(30)57)51(75)76/h4-15H,16-18H2,1-3H3,(H,61,68)(H,62,69)(H,63,70)(H,71,72)(H,73,74)(H,75,76). The SMILES string of the molecule is CNC(=O)c1c(I)c(C(=O)O)c(I)c(-c2cccc(C(=O)CN(CC(=O)c3cccc(-c4c(I)c(C(=O)O)c(I)c(C(=O)NC)c4I)c3)CC(=O)c3cccc(-c4c(I)c(C(=O)O)c(I)c(C(=O)NC)c4I)c3)c2)c1I. The van der Waals surface area contributed by atoms with Gasteiger partial charge in [0, 0.05) is 86.7 Å². The van der Waals surface area contributed by atoms with Crippen LogP contribution in [0.5, 0.6) is 0 Å². The topological polar surface area (TPSA) is 254 Å². The average Bonchev–Trinajstić information content (AvgIpc) is 3.35. The lowest BCUT2D eigenvalue weighted by Gasteiger charge is -2.22. The molecule has 76 heavy (non-hydrogen) atoms. The highest BCUT2D eigenvalue weighted by molar-refractivity contribution is 14.1. The molecule has 0 fully saturated rings. The van der Waals surface area contributed by atoms with Crippen LogP contribution in [0.2, 0.25) is 0 Å². The lowest BCUT2D eigenvalue weighted by Crippen LogP contribution is -2.38. The molecule has 0 spiro atoms. The molecule has 6 aromatic rings. The number of Topliss-reactive ketones (excluding diaryl/α,β-unsaturated/α-hetero) is 3. The number of hydrogen-bond donors (Lipinski definition) is 6. The van der Waals surface area contributed by atoms with Gasteiger partial charge in [-0.05, 0) is 238 Å². The van der Waals surface area contributed by atoms with Crippen LogP contribution in [0.25, 0.3) is 33.4 Å². The Morgan fingerprint density at radius 2 is 0.592 bits per heavy atom. The zero-order valence-corrected chi connectivity index (χ0v) is 58.3. The molecule has 0 heterocycles. The summed E-state index contributed by atoms with van der Waals surface area (Å²) < 4.78 is 3.03. The van der Waals surface area contributed by atoms with Crippen LogP contribution in [0.4, 0.5) is 0 Å². The van der Waals surface area contributed by atoms with Gasteiger partial charge in [-0.15, -0.1) is 0 Å². The maximum atomic E-state index is 14.6. The van der Waals surface area contributed by atoms with E-state index in [2.05, 4.69) is 16.0 Å². The first-order valence-corrected chi connectivity index (χ1v) is 31.1. The van der Waals surface area contributed by atoms with Crippen molar-refractivity contribution in [1.29, 1.82) is 0 Å². The van der Waals surface area contributed by atoms with Gasteiger partial charge >= 0.3 is 17.9 Å². The van der Waals surface area contributed by atoms with Crippen molar-refractivity contribution in [3.05, 3.63) is 155 Å². The minimum absolute atomic E-state index is 0.0929. The van der Waals surface area contributed by atoms with E-state index in [0.717, 1.165) is 0 Å². The van der Waals surface area contributed by atoms with Gasteiger partial charge in [-0.25, -0.2) is 14.4 Å². The Labute approximate surface area is 556 Å². The van der Waals surface area contributed by atoms with E-state index in [9.17, 15) is 58.5 Å². The van der Waals surface area contributed by atoms with Crippen LogP contribution in [0.15, 0.2) is 72.8 Å². The van der Waals surface area contributed by atoms with E-state index in [0.29, 0.717) is 54.8 Å². The third kappa shape index (κ3) is 13.0. The molecule has 16 nitrogen and oxygen atoms in total. The Balaban J connectivity index is 1.46. The van der Waals surface area contributed by atoms with E-state index >= 15 is 0 Å². The Kier molecular flexibility index (Phi) is 22.3. The molecule has 0 saturated carbocycles. The lowest BCUT2D eigenvalue weighted by molar-refractivity contribution is 0.0683. The van der Waals surface area contributed by atoms with Crippen molar-refractivity contribution in [2.75, 3.05) is 40.8 Å². The van der Waals surface area contributed by atoms with Crippen molar-refractivity contribution in [1.82, 2.24) is 20.9 Å². The predicted molar refractivity (Wildman–Crippen MR) is 361 cm³/mol. The third-order valence-electron chi connectivity index (χ3n) is 11.5. The lowest BCUT2D eigenvalue weighted by atomic mass is 9.96. The fraction of sp³-hybridized carbons (Fsp3) is 0.118. The Bertz CT molecular complexity index is 3190. The largest absolute Gasteiger partial charge is 0.478 e. The summed E-state index contributed by atoms with van der Waals surface area (Å²) in [5.41, 5.74) is 3.06. The monoisotopic (exact) mass is 2040 g/mol. The fourth-order valence-electron chi connectivity index (χ4n) is 7.88. The third-order valence-corrected chi connectivity index (χ3v) is 21.2. The average molecular weight is 2040 g/mol. The van der Waals surface area contributed by atoms with E-state index in [-0.39, 0.29) is 60.8 Å². The number of nitrogens with one attached hydrogen (secondary N) is 3. The number of carbonyl (C=O) groups excluding carboxylic acids is 6. The number of carboxylic acids is 3. The van der Waals surface area contributed by atoms with Gasteiger partial charge in [0.25, 0.3) is 17.7 Å². The molecule has 0 unspecified atom stereocenters. The zero-order chi connectivity index (χ0) is 56.4. The van der Waals surface area contributed by atoms with Crippen molar-refractivity contribution in [2.45, 2.75) is 0 Å². The summed E-state index contributed by atoms with van der Waals surface area (Å²) >= 11 is 17.2. The summed E-state index contributed by atoms with van der Waals surface area (Å²) in [6.45, 7) is -1.46. The van der Waals surface area contributed by atoms with Crippen molar-refractivity contribution in [2.24, 2.45) is 0 Å². The maximum Gasteiger partial charge on any atom is 0.337 e. The van der Waals surface area contributed by atoms with Gasteiger partial charge in [-0.1, -0.05) is 54.6 Å². The maximum absolute atomic E-state index is 14.6. The highest BCUT2D eigenvalue weighted by atomic mass is 127. The van der Waals surface area contributed by atoms with Crippen LogP contribution in [0, 0.1) is 32.1 Å². The van der Waals surface area contributed by atoms with Crippen LogP contribution in [0.3, 0.4) is 0 Å². The molecule has 0 aromatic heterocycles. The summed E-state index contributed by atoms with van der Waals surface area (Å²) in [4.78, 5) is 122. The number of benzene rings is 6. The molecule has 0 aliphatic rings. The number of halogens is 9. The summed E-state index contributed by atoms with van der Waals surface area (Å²) in [6.07, 6.45) is 0. The van der Waals surface area contributed by atoms with Crippen molar-refractivity contribution < 1.29 is 58.5 Å². The number of ketones is 3. The smallest absolute Gasteiger partial charge is 0.337 e. The van der Waals surface area contributed by atoms with Gasteiger partial charge in [-0.2, -0.15) is 0 Å². The quantitative estimate of drug-likeness (QED) is 0.0346. The molecule has 392 valence electrons. The van der Waals surface area contributed by atoms with Gasteiger partial charge in [0.15, 0.2) is 17.3 Å². The van der Waals surface area contributed by atoms with Crippen molar-refractivity contribution >= 4 is 256 Å². The van der Waals surface area contributed by atoms with E-state index in [1.165, 1.54) is 44.2 Å². The second kappa shape index (κ2) is 27.0. The Morgan fingerprint density at radius 3 is 0.803 bits per heavy atom. The van der Waals surface area contributed by atoms with Crippen LogP contribution in [0.1, 0.15) is 93.2 Å². The van der Waals surface area contributed by atoms with Crippen LogP contribution in [-0.2, 0) is 0 Å². The molecule has 6 N–H and O–H groups in total. The Morgan fingerprint density at radius 1 is 0.368 bits per heavy atom. The number of nitrogens with zero attached hydrogens (tertiary/aromatic N) is 1. The molecule has 0 bridgehead atoms. The summed E-state index contributed by atoms with van der Waals surface area (Å²) in [5.74, 6) is -6.87. The molecule has 0 aliphatic heterocycles. The minimum atomic E-state index is -1.26. The fourth-order valence-corrected chi connectivity index (χ4v) is 22.1. The van der Waals surface area contributed by atoms with Crippen LogP contribution in [-0.4, -0.2) is 114 Å². The molecule has 0 radical (unpaired) electrons. The van der Waals surface area contributed by atoms with E-state index < -0.39 is 72.6 Å². The molecular weight excluding hydrogens is 2000 g/mol. The van der Waals surface area contributed by atoms with Gasteiger partial charge in [0.1, 0.15) is 0 Å². The second-order valence-electron chi connectivity index (χ2n) is 16.0. The van der Waals surface area contributed by atoms with E-state index in [4.69, 9.17) is 0 Å². The molecule has 25 heteroatoms. The first kappa shape index (κ1) is 62.9. The van der Waals surface area contributed by atoms with Crippen LogP contribution >= 0.6 is 203 Å². The number of carbonyl (C=O) groups is 9. The Hall–Kier alpha value is -2.32. The molecule has 0 atom stereocenters. The van der Waals surface area contributed by atoms with E-state index in [1.807, 2.05) is 203 Å². The molecule has 6 aromatic carbocycles. The number of amides is 3. The van der Waals surface area contributed by atoms with Gasteiger partial charge in [0.05, 0.1) is 53.0 Å². The zero-order valence-electron chi connectivity index (χ0n) is 38.9. The molecular formula is C51H33I9N4O12. The van der Waals surface area contributed by atoms with Crippen LogP contribution < -0.4 is 16.0 Å². The molecule has 0 saturated heterocycles. The van der Waals surface area contributed by atoms with Crippen molar-refractivity contribution in [3.63, 3.8) is 0 Å². The highest BCUT2D eigenvalue weighted by Gasteiger charge is 2.32. The van der Waals surface area contributed by atoms with Gasteiger partial charge in [-0.3, -0.25) is 33.7 Å². The highest BCUT2D eigenvalue weighted by Crippen LogP contribution is 2.42. The minimum Gasteiger partial charge on any atom is -0.478 e. The van der Waals surface area contributed by atoms with Crippen molar-refractivity contribution in [3.8, 4) is 33.4 Å². The predicted octanol–water partition coefficient (Wildman–Crippen LogP) is 11.6. The molecule has 6 rings (SSSR count). The molecule has 0 aliphatic carbocycles. The normalized spacial score (nSPS) is 11.0. The van der Waals surface area contributed by atoms with Gasteiger partial charge < -0.3 is 31.3 Å². The number of rotatable bonds is 18. The van der Waals surface area contributed by atoms with Gasteiger partial charge in [0.2, 0.25) is 0 Å². The number of carboxylic acid groups (broad SMARTS) is 3. The summed E-state index contributed by atoms with van der Waals surface area (Å²) in [6, 6.07) is 19.1. The second-order valence-corrected chi connectivity index (χ2v) is 25.7. The first-order valence-electron chi connectivity index (χ1n) is 21.4.